The van der Waals surface area contributed by atoms with Crippen molar-refractivity contribution < 1.29 is 29.0 Å². The Morgan fingerprint density at radius 1 is 1.09 bits per heavy atom. The fourth-order valence-electron chi connectivity index (χ4n) is 5.01. The van der Waals surface area contributed by atoms with Crippen molar-refractivity contribution >= 4 is 18.0 Å². The molecule has 2 aromatic carbocycles. The lowest BCUT2D eigenvalue weighted by atomic mass is 9.85. The molecule has 8 nitrogen and oxygen atoms in total. The SMILES string of the molecule is CCC(C)(CNC(=O)OCC1c2ccccc2-c2ccccc21)C(=O)N(C)C1COCC1C(=O)O. The number of carbonyl (C=O) groups excluding carboxylic acids is 2. The molecule has 0 aromatic heterocycles. The van der Waals surface area contributed by atoms with Gasteiger partial charge in [-0.2, -0.15) is 0 Å². The van der Waals surface area contributed by atoms with Gasteiger partial charge >= 0.3 is 12.1 Å². The Balaban J connectivity index is 1.37. The average molecular weight is 481 g/mol. The summed E-state index contributed by atoms with van der Waals surface area (Å²) in [5.74, 6) is -2.03. The molecule has 1 aliphatic heterocycles. The molecule has 3 unspecified atom stereocenters. The minimum Gasteiger partial charge on any atom is -0.481 e. The van der Waals surface area contributed by atoms with Gasteiger partial charge in [0.2, 0.25) is 5.91 Å². The molecule has 2 N–H and O–H groups in total. The monoisotopic (exact) mass is 480 g/mol. The van der Waals surface area contributed by atoms with E-state index in [0.29, 0.717) is 6.42 Å². The van der Waals surface area contributed by atoms with Crippen LogP contribution in [0.3, 0.4) is 0 Å². The van der Waals surface area contributed by atoms with Gasteiger partial charge in [0.05, 0.1) is 24.7 Å². The maximum absolute atomic E-state index is 13.3. The number of amides is 2. The molecule has 1 aliphatic carbocycles. The van der Waals surface area contributed by atoms with Crippen LogP contribution in [0.5, 0.6) is 0 Å². The number of ether oxygens (including phenoxy) is 2. The van der Waals surface area contributed by atoms with Gasteiger partial charge in [0.25, 0.3) is 0 Å². The number of rotatable bonds is 8. The van der Waals surface area contributed by atoms with Crippen LogP contribution >= 0.6 is 0 Å². The lowest BCUT2D eigenvalue weighted by Gasteiger charge is -2.35. The van der Waals surface area contributed by atoms with Crippen molar-refractivity contribution in [3.63, 3.8) is 0 Å². The van der Waals surface area contributed by atoms with E-state index in [2.05, 4.69) is 29.6 Å². The second kappa shape index (κ2) is 10.1. The maximum atomic E-state index is 13.3. The molecule has 0 bridgehead atoms. The first-order valence-electron chi connectivity index (χ1n) is 11.9. The van der Waals surface area contributed by atoms with E-state index in [-0.39, 0.29) is 38.2 Å². The number of alkyl carbamates (subject to hydrolysis) is 1. The molecule has 2 aromatic rings. The number of hydrogen-bond acceptors (Lipinski definition) is 5. The first-order valence-corrected chi connectivity index (χ1v) is 11.9. The van der Waals surface area contributed by atoms with Crippen LogP contribution in [-0.4, -0.2) is 67.4 Å². The van der Waals surface area contributed by atoms with Gasteiger partial charge in [0, 0.05) is 19.5 Å². The number of carboxylic acids is 1. The molecule has 1 heterocycles. The normalized spacial score (nSPS) is 20.4. The van der Waals surface area contributed by atoms with E-state index < -0.39 is 29.4 Å². The van der Waals surface area contributed by atoms with Gasteiger partial charge in [-0.3, -0.25) is 9.59 Å². The second-order valence-electron chi connectivity index (χ2n) is 9.56. The van der Waals surface area contributed by atoms with Crippen molar-refractivity contribution in [3.8, 4) is 11.1 Å². The van der Waals surface area contributed by atoms with Crippen LogP contribution in [-0.2, 0) is 19.1 Å². The third kappa shape index (κ3) is 4.75. The van der Waals surface area contributed by atoms with E-state index in [0.717, 1.165) is 22.3 Å². The molecule has 1 saturated heterocycles. The van der Waals surface area contributed by atoms with Crippen molar-refractivity contribution in [2.45, 2.75) is 32.2 Å². The van der Waals surface area contributed by atoms with Crippen LogP contribution in [0.4, 0.5) is 4.79 Å². The third-order valence-electron chi connectivity index (χ3n) is 7.45. The molecule has 0 spiro atoms. The average Bonchev–Trinajstić information content (AvgIpc) is 3.49. The number of aliphatic carboxylic acids is 1. The van der Waals surface area contributed by atoms with Crippen LogP contribution in [0.15, 0.2) is 48.5 Å². The summed E-state index contributed by atoms with van der Waals surface area (Å²) in [6.07, 6.45) is -0.125. The van der Waals surface area contributed by atoms with Gasteiger partial charge in [0.1, 0.15) is 12.5 Å². The van der Waals surface area contributed by atoms with Crippen LogP contribution in [0.2, 0.25) is 0 Å². The predicted molar refractivity (Wildman–Crippen MR) is 130 cm³/mol. The standard InChI is InChI=1S/C27H32N2O6/c1-4-27(2,25(32)29(3)23-15-34-13-22(23)24(30)31)16-28-26(33)35-14-21-19-11-7-5-9-17(19)18-10-6-8-12-20(18)21/h5-12,21-23H,4,13-16H2,1-3H3,(H,28,33)(H,30,31). The summed E-state index contributed by atoms with van der Waals surface area (Å²) in [7, 11) is 1.60. The number of carboxylic acid groups (broad SMARTS) is 1. The van der Waals surface area contributed by atoms with Gasteiger partial charge in [-0.1, -0.05) is 55.5 Å². The zero-order valence-electron chi connectivity index (χ0n) is 20.3. The third-order valence-corrected chi connectivity index (χ3v) is 7.45. The lowest BCUT2D eigenvalue weighted by molar-refractivity contribution is -0.147. The number of nitrogens with zero attached hydrogens (tertiary/aromatic N) is 1. The Labute approximate surface area is 205 Å². The van der Waals surface area contributed by atoms with Crippen molar-refractivity contribution in [3.05, 3.63) is 59.7 Å². The van der Waals surface area contributed by atoms with Crippen molar-refractivity contribution in [2.75, 3.05) is 33.4 Å². The first kappa shape index (κ1) is 24.7. The highest BCUT2D eigenvalue weighted by Gasteiger charge is 2.43. The number of likely N-dealkylation sites (N-methyl/N-ethyl adjacent to an activating group) is 1. The van der Waals surface area contributed by atoms with E-state index in [1.54, 1.807) is 14.0 Å². The highest BCUT2D eigenvalue weighted by Crippen LogP contribution is 2.44. The number of hydrogen-bond donors (Lipinski definition) is 2. The summed E-state index contributed by atoms with van der Waals surface area (Å²) >= 11 is 0. The molecule has 186 valence electrons. The van der Waals surface area contributed by atoms with Crippen LogP contribution in [0.1, 0.15) is 37.3 Å². The summed E-state index contributed by atoms with van der Waals surface area (Å²) in [6, 6.07) is 15.7. The quantitative estimate of drug-likeness (QED) is 0.599. The fraction of sp³-hybridized carbons (Fsp3) is 0.444. The molecule has 35 heavy (non-hydrogen) atoms. The Morgan fingerprint density at radius 2 is 1.69 bits per heavy atom. The highest BCUT2D eigenvalue weighted by molar-refractivity contribution is 5.84. The molecule has 3 atom stereocenters. The number of carbonyl (C=O) groups is 3. The van der Waals surface area contributed by atoms with Gasteiger partial charge in [-0.15, -0.1) is 0 Å². The van der Waals surface area contributed by atoms with Gasteiger partial charge in [-0.05, 0) is 35.6 Å². The predicted octanol–water partition coefficient (Wildman–Crippen LogP) is 3.50. The van der Waals surface area contributed by atoms with E-state index >= 15 is 0 Å². The van der Waals surface area contributed by atoms with Crippen molar-refractivity contribution in [2.24, 2.45) is 11.3 Å². The van der Waals surface area contributed by atoms with E-state index in [9.17, 15) is 19.5 Å². The highest BCUT2D eigenvalue weighted by atomic mass is 16.5. The Kier molecular flexibility index (Phi) is 7.12. The molecule has 2 amide bonds. The minimum absolute atomic E-state index is 0.0474. The maximum Gasteiger partial charge on any atom is 0.407 e. The van der Waals surface area contributed by atoms with E-state index in [4.69, 9.17) is 9.47 Å². The number of benzene rings is 2. The molecule has 0 saturated carbocycles. The molecular formula is C27H32N2O6. The van der Waals surface area contributed by atoms with Gasteiger partial charge in [0.15, 0.2) is 0 Å². The summed E-state index contributed by atoms with van der Waals surface area (Å²) < 4.78 is 10.9. The Bertz CT molecular complexity index is 1070. The summed E-state index contributed by atoms with van der Waals surface area (Å²) in [5, 5.41) is 12.2. The van der Waals surface area contributed by atoms with Crippen LogP contribution < -0.4 is 5.32 Å². The number of nitrogens with one attached hydrogen (secondary N) is 1. The smallest absolute Gasteiger partial charge is 0.407 e. The Morgan fingerprint density at radius 3 is 2.26 bits per heavy atom. The largest absolute Gasteiger partial charge is 0.481 e. The molecule has 0 radical (unpaired) electrons. The van der Waals surface area contributed by atoms with Crippen molar-refractivity contribution in [1.82, 2.24) is 10.2 Å². The molecule has 1 fully saturated rings. The molecule has 2 aliphatic rings. The summed E-state index contributed by atoms with van der Waals surface area (Å²) in [4.78, 5) is 38.9. The fourth-order valence-corrected chi connectivity index (χ4v) is 5.01. The molecular weight excluding hydrogens is 448 g/mol. The van der Waals surface area contributed by atoms with E-state index in [1.807, 2.05) is 31.2 Å². The zero-order chi connectivity index (χ0) is 25.2. The summed E-state index contributed by atoms with van der Waals surface area (Å²) in [6.45, 7) is 4.16. The summed E-state index contributed by atoms with van der Waals surface area (Å²) in [5.41, 5.74) is 3.65. The topological polar surface area (TPSA) is 105 Å². The Hall–Kier alpha value is -3.39. The van der Waals surface area contributed by atoms with E-state index in [1.165, 1.54) is 4.90 Å². The number of fused-ring (bicyclic) bond motifs is 3. The molecule has 4 rings (SSSR count). The van der Waals surface area contributed by atoms with Crippen molar-refractivity contribution in [1.29, 1.82) is 0 Å². The lowest BCUT2D eigenvalue weighted by Crippen LogP contribution is -2.52. The molecule has 8 heteroatoms. The first-order chi connectivity index (χ1) is 16.8. The van der Waals surface area contributed by atoms with Crippen LogP contribution in [0.25, 0.3) is 11.1 Å². The second-order valence-corrected chi connectivity index (χ2v) is 9.56. The van der Waals surface area contributed by atoms with Gasteiger partial charge in [-0.25, -0.2) is 4.79 Å². The minimum atomic E-state index is -0.984. The van der Waals surface area contributed by atoms with Crippen LogP contribution in [0, 0.1) is 11.3 Å². The zero-order valence-corrected chi connectivity index (χ0v) is 20.3. The van der Waals surface area contributed by atoms with Gasteiger partial charge < -0.3 is 24.8 Å².